The zero-order valence-corrected chi connectivity index (χ0v) is 15.2. The van der Waals surface area contributed by atoms with Gasteiger partial charge in [-0.2, -0.15) is 0 Å². The molecular weight excluding hydrogens is 336 g/mol. The van der Waals surface area contributed by atoms with Crippen LogP contribution in [-0.4, -0.2) is 0 Å². The summed E-state index contributed by atoms with van der Waals surface area (Å²) in [6.45, 7) is 2.15. The Labute approximate surface area is 157 Å². The first-order valence-electron chi connectivity index (χ1n) is 8.81. The quantitative estimate of drug-likeness (QED) is 0.224. The minimum Gasteiger partial charge on any atom is -0.0843 e. The second-order valence-corrected chi connectivity index (χ2v) is 7.28. The number of rotatable bonds is 2. The second kappa shape index (κ2) is 5.86. The van der Waals surface area contributed by atoms with Crippen LogP contribution in [0.1, 0.15) is 18.1 Å². The van der Waals surface area contributed by atoms with Crippen LogP contribution in [0.4, 0.5) is 0 Å². The van der Waals surface area contributed by atoms with Crippen molar-refractivity contribution in [2.75, 3.05) is 0 Å². The van der Waals surface area contributed by atoms with E-state index in [1.165, 1.54) is 49.0 Å². The standard InChI is InChI=1S/C25H17Cl/c1-16(17-9-12-22(26)13-10-17)15-21-8-7-20-6-5-18-3-2-4-19-11-14-23(21)25(20)24(18)19/h2-15H,1H3. The molecule has 5 aromatic carbocycles. The van der Waals surface area contributed by atoms with Gasteiger partial charge in [0.15, 0.2) is 0 Å². The Bertz CT molecular complexity index is 1260. The third kappa shape index (κ3) is 2.38. The molecule has 0 heterocycles. The van der Waals surface area contributed by atoms with Gasteiger partial charge in [-0.3, -0.25) is 0 Å². The molecule has 0 aliphatic rings. The molecule has 0 aliphatic carbocycles. The summed E-state index contributed by atoms with van der Waals surface area (Å²) in [4.78, 5) is 0. The first kappa shape index (κ1) is 15.4. The maximum absolute atomic E-state index is 6.02. The fourth-order valence-corrected chi connectivity index (χ4v) is 4.04. The Morgan fingerprint density at radius 2 is 1.31 bits per heavy atom. The Balaban J connectivity index is 1.78. The summed E-state index contributed by atoms with van der Waals surface area (Å²) in [5.41, 5.74) is 3.68. The number of allylic oxidation sites excluding steroid dienone is 1. The fourth-order valence-electron chi connectivity index (χ4n) is 3.91. The number of halogens is 1. The summed E-state index contributed by atoms with van der Waals surface area (Å²) in [5, 5.41) is 8.70. The van der Waals surface area contributed by atoms with Gasteiger partial charge in [-0.1, -0.05) is 84.4 Å². The molecule has 124 valence electrons. The molecule has 0 nitrogen and oxygen atoms in total. The smallest absolute Gasteiger partial charge is 0.0406 e. The van der Waals surface area contributed by atoms with Gasteiger partial charge in [0.05, 0.1) is 0 Å². The predicted molar refractivity (Wildman–Crippen MR) is 115 cm³/mol. The largest absolute Gasteiger partial charge is 0.0843 e. The Kier molecular flexibility index (Phi) is 3.48. The zero-order valence-electron chi connectivity index (χ0n) is 14.5. The van der Waals surface area contributed by atoms with Crippen LogP contribution >= 0.6 is 11.6 Å². The van der Waals surface area contributed by atoms with Gasteiger partial charge in [0.2, 0.25) is 0 Å². The Hall–Kier alpha value is -2.83. The van der Waals surface area contributed by atoms with Crippen molar-refractivity contribution in [1.29, 1.82) is 0 Å². The topological polar surface area (TPSA) is 0 Å². The lowest BCUT2D eigenvalue weighted by atomic mass is 9.91. The minimum absolute atomic E-state index is 0.768. The number of hydrogen-bond donors (Lipinski definition) is 0. The number of benzene rings is 5. The van der Waals surface area contributed by atoms with Crippen LogP contribution in [0.5, 0.6) is 0 Å². The molecule has 0 atom stereocenters. The molecule has 0 N–H and O–H groups in total. The highest BCUT2D eigenvalue weighted by Crippen LogP contribution is 2.36. The van der Waals surface area contributed by atoms with Gasteiger partial charge in [-0.15, -0.1) is 0 Å². The second-order valence-electron chi connectivity index (χ2n) is 6.85. The fraction of sp³-hybridized carbons (Fsp3) is 0.0400. The van der Waals surface area contributed by atoms with E-state index in [-0.39, 0.29) is 0 Å². The minimum atomic E-state index is 0.768. The summed E-state index contributed by atoms with van der Waals surface area (Å²) in [6, 6.07) is 28.0. The molecule has 0 bridgehead atoms. The molecule has 5 aromatic rings. The van der Waals surface area contributed by atoms with Gasteiger partial charge >= 0.3 is 0 Å². The lowest BCUT2D eigenvalue weighted by molar-refractivity contribution is 1.58. The highest BCUT2D eigenvalue weighted by atomic mass is 35.5. The summed E-state index contributed by atoms with van der Waals surface area (Å²) in [5.74, 6) is 0. The van der Waals surface area contributed by atoms with E-state index in [4.69, 9.17) is 11.6 Å². The van der Waals surface area contributed by atoms with E-state index < -0.39 is 0 Å². The van der Waals surface area contributed by atoms with Crippen LogP contribution in [0.2, 0.25) is 5.02 Å². The van der Waals surface area contributed by atoms with Crippen molar-refractivity contribution in [2.24, 2.45) is 0 Å². The maximum Gasteiger partial charge on any atom is 0.0406 e. The molecule has 0 amide bonds. The molecule has 26 heavy (non-hydrogen) atoms. The van der Waals surface area contributed by atoms with Crippen molar-refractivity contribution >= 4 is 55.6 Å². The van der Waals surface area contributed by atoms with Crippen molar-refractivity contribution in [3.63, 3.8) is 0 Å². The summed E-state index contributed by atoms with van der Waals surface area (Å²) in [6.07, 6.45) is 2.27. The maximum atomic E-state index is 6.02. The normalized spacial score (nSPS) is 12.5. The van der Waals surface area contributed by atoms with E-state index in [0.717, 1.165) is 5.02 Å². The average Bonchev–Trinajstić information content (AvgIpc) is 2.67. The molecule has 1 heteroatoms. The van der Waals surface area contributed by atoms with Crippen molar-refractivity contribution in [2.45, 2.75) is 6.92 Å². The van der Waals surface area contributed by atoms with E-state index in [2.05, 4.69) is 79.7 Å². The third-order valence-corrected chi connectivity index (χ3v) is 5.49. The van der Waals surface area contributed by atoms with Crippen LogP contribution in [-0.2, 0) is 0 Å². The summed E-state index contributed by atoms with van der Waals surface area (Å²) >= 11 is 6.02. The van der Waals surface area contributed by atoms with Gasteiger partial charge in [-0.25, -0.2) is 0 Å². The van der Waals surface area contributed by atoms with Crippen molar-refractivity contribution < 1.29 is 0 Å². The average molecular weight is 353 g/mol. The van der Waals surface area contributed by atoms with Crippen molar-refractivity contribution in [3.8, 4) is 0 Å². The molecule has 5 rings (SSSR count). The van der Waals surface area contributed by atoms with E-state index in [0.29, 0.717) is 0 Å². The Morgan fingerprint density at radius 3 is 2.04 bits per heavy atom. The molecule has 0 unspecified atom stereocenters. The molecule has 0 aromatic heterocycles. The van der Waals surface area contributed by atoms with Gasteiger partial charge in [0.1, 0.15) is 0 Å². The van der Waals surface area contributed by atoms with Crippen molar-refractivity contribution in [1.82, 2.24) is 0 Å². The summed E-state index contributed by atoms with van der Waals surface area (Å²) < 4.78 is 0. The molecule has 0 aliphatic heterocycles. The molecular formula is C25H17Cl. The van der Waals surface area contributed by atoms with E-state index in [9.17, 15) is 0 Å². The first-order chi connectivity index (χ1) is 12.7. The molecule has 0 radical (unpaired) electrons. The first-order valence-corrected chi connectivity index (χ1v) is 9.19. The predicted octanol–water partition coefficient (Wildman–Crippen LogP) is 7.80. The molecule has 0 saturated heterocycles. The number of hydrogen-bond acceptors (Lipinski definition) is 0. The Morgan fingerprint density at radius 1 is 0.692 bits per heavy atom. The third-order valence-electron chi connectivity index (χ3n) is 5.23. The lowest BCUT2D eigenvalue weighted by Crippen LogP contribution is -1.87. The molecule has 0 fully saturated rings. The molecule has 0 saturated carbocycles. The summed E-state index contributed by atoms with van der Waals surface area (Å²) in [7, 11) is 0. The van der Waals surface area contributed by atoms with Gasteiger partial charge in [-0.05, 0) is 68.1 Å². The van der Waals surface area contributed by atoms with Crippen LogP contribution in [0, 0.1) is 0 Å². The van der Waals surface area contributed by atoms with Crippen LogP contribution < -0.4 is 0 Å². The van der Waals surface area contributed by atoms with Crippen LogP contribution in [0.3, 0.4) is 0 Å². The van der Waals surface area contributed by atoms with E-state index in [1.807, 2.05) is 12.1 Å². The zero-order chi connectivity index (χ0) is 17.7. The van der Waals surface area contributed by atoms with Crippen LogP contribution in [0.25, 0.3) is 44.0 Å². The lowest BCUT2D eigenvalue weighted by Gasteiger charge is -2.13. The van der Waals surface area contributed by atoms with E-state index >= 15 is 0 Å². The van der Waals surface area contributed by atoms with Gasteiger partial charge < -0.3 is 0 Å². The van der Waals surface area contributed by atoms with Gasteiger partial charge in [0.25, 0.3) is 0 Å². The monoisotopic (exact) mass is 352 g/mol. The van der Waals surface area contributed by atoms with Crippen molar-refractivity contribution in [3.05, 3.63) is 95.0 Å². The molecule has 0 spiro atoms. The van der Waals surface area contributed by atoms with E-state index in [1.54, 1.807) is 0 Å². The van der Waals surface area contributed by atoms with Gasteiger partial charge in [0, 0.05) is 5.02 Å². The highest BCUT2D eigenvalue weighted by Gasteiger charge is 2.10. The SMILES string of the molecule is CC(=Cc1ccc2ccc3cccc4ccc1c2c34)c1ccc(Cl)cc1. The van der Waals surface area contributed by atoms with Crippen LogP contribution in [0.15, 0.2) is 78.9 Å². The highest BCUT2D eigenvalue weighted by molar-refractivity contribution is 6.30.